The third-order valence-corrected chi connectivity index (χ3v) is 5.14. The lowest BCUT2D eigenvalue weighted by Crippen LogP contribution is -2.24. The van der Waals surface area contributed by atoms with Gasteiger partial charge in [0, 0.05) is 5.02 Å². The zero-order valence-electron chi connectivity index (χ0n) is 14.6. The van der Waals surface area contributed by atoms with Gasteiger partial charge in [0.05, 0.1) is 6.61 Å². The van der Waals surface area contributed by atoms with Crippen LogP contribution in [0.4, 0.5) is 0 Å². The molecule has 0 aliphatic rings. The normalized spacial score (nSPS) is 12.4. The average molecular weight is 331 g/mol. The minimum Gasteiger partial charge on any atom is -0.392 e. The molecular weight excluding hydrogens is 304 g/mol. The van der Waals surface area contributed by atoms with Crippen molar-refractivity contribution in [2.24, 2.45) is 0 Å². The summed E-state index contributed by atoms with van der Waals surface area (Å²) in [5.41, 5.74) is 3.77. The Morgan fingerprint density at radius 1 is 0.826 bits per heavy atom. The SMILES string of the molecule is CC(C)(CCC(C)(C)c1cccc(CO)c1)c1ccc(Cl)cc1. The van der Waals surface area contributed by atoms with Crippen molar-refractivity contribution in [3.05, 3.63) is 70.2 Å². The topological polar surface area (TPSA) is 20.2 Å². The van der Waals surface area contributed by atoms with Gasteiger partial charge in [-0.3, -0.25) is 0 Å². The molecule has 0 radical (unpaired) electrons. The van der Waals surface area contributed by atoms with Crippen molar-refractivity contribution in [3.8, 4) is 0 Å². The lowest BCUT2D eigenvalue weighted by molar-refractivity contribution is 0.281. The van der Waals surface area contributed by atoms with Crippen molar-refractivity contribution in [2.75, 3.05) is 0 Å². The van der Waals surface area contributed by atoms with Crippen molar-refractivity contribution >= 4 is 11.6 Å². The smallest absolute Gasteiger partial charge is 0.0681 e. The maximum absolute atomic E-state index is 9.35. The first-order chi connectivity index (χ1) is 10.7. The molecule has 0 aliphatic carbocycles. The summed E-state index contributed by atoms with van der Waals surface area (Å²) in [5, 5.41) is 10.1. The summed E-state index contributed by atoms with van der Waals surface area (Å²) in [5.74, 6) is 0. The molecule has 0 heterocycles. The molecule has 0 aromatic heterocycles. The number of hydrogen-bond donors (Lipinski definition) is 1. The Balaban J connectivity index is 2.12. The van der Waals surface area contributed by atoms with Crippen LogP contribution in [0.1, 0.15) is 57.2 Å². The second kappa shape index (κ2) is 7.07. The predicted octanol–water partition coefficient (Wildman–Crippen LogP) is 5.87. The van der Waals surface area contributed by atoms with E-state index in [4.69, 9.17) is 11.6 Å². The molecule has 23 heavy (non-hydrogen) atoms. The van der Waals surface area contributed by atoms with Crippen molar-refractivity contribution in [1.82, 2.24) is 0 Å². The van der Waals surface area contributed by atoms with E-state index in [1.54, 1.807) is 0 Å². The third kappa shape index (κ3) is 4.59. The highest BCUT2D eigenvalue weighted by molar-refractivity contribution is 6.30. The highest BCUT2D eigenvalue weighted by Gasteiger charge is 2.27. The minimum absolute atomic E-state index is 0.0782. The van der Waals surface area contributed by atoms with Gasteiger partial charge in [0.25, 0.3) is 0 Å². The fourth-order valence-corrected chi connectivity index (χ4v) is 3.03. The first kappa shape index (κ1) is 18.0. The van der Waals surface area contributed by atoms with E-state index in [1.165, 1.54) is 11.1 Å². The van der Waals surface area contributed by atoms with E-state index in [2.05, 4.69) is 52.0 Å². The number of halogens is 1. The highest BCUT2D eigenvalue weighted by Crippen LogP contribution is 2.36. The van der Waals surface area contributed by atoms with Crippen LogP contribution < -0.4 is 0 Å². The molecule has 0 fully saturated rings. The van der Waals surface area contributed by atoms with Gasteiger partial charge in [-0.15, -0.1) is 0 Å². The number of benzene rings is 2. The Bertz CT molecular complexity index is 641. The summed E-state index contributed by atoms with van der Waals surface area (Å²) in [6, 6.07) is 16.5. The van der Waals surface area contributed by atoms with E-state index in [9.17, 15) is 5.11 Å². The Morgan fingerprint density at radius 2 is 1.39 bits per heavy atom. The molecular formula is C21H27ClO. The Kier molecular flexibility index (Phi) is 5.54. The molecule has 0 aliphatic heterocycles. The van der Waals surface area contributed by atoms with Crippen LogP contribution in [-0.4, -0.2) is 5.11 Å². The van der Waals surface area contributed by atoms with Gasteiger partial charge in [0.15, 0.2) is 0 Å². The van der Waals surface area contributed by atoms with Crippen LogP contribution in [0.5, 0.6) is 0 Å². The van der Waals surface area contributed by atoms with E-state index in [-0.39, 0.29) is 17.4 Å². The number of aliphatic hydroxyl groups is 1. The molecule has 0 amide bonds. The number of hydrogen-bond acceptors (Lipinski definition) is 1. The maximum atomic E-state index is 9.35. The van der Waals surface area contributed by atoms with Crippen LogP contribution in [0, 0.1) is 0 Å². The van der Waals surface area contributed by atoms with E-state index >= 15 is 0 Å². The Morgan fingerprint density at radius 3 is 1.96 bits per heavy atom. The second-order valence-corrected chi connectivity index (χ2v) is 8.07. The Labute approximate surface area is 145 Å². The lowest BCUT2D eigenvalue weighted by Gasteiger charge is -2.32. The van der Waals surface area contributed by atoms with Crippen LogP contribution in [0.2, 0.25) is 5.02 Å². The van der Waals surface area contributed by atoms with Crippen molar-refractivity contribution < 1.29 is 5.11 Å². The van der Waals surface area contributed by atoms with Gasteiger partial charge in [0.2, 0.25) is 0 Å². The van der Waals surface area contributed by atoms with Gasteiger partial charge in [0.1, 0.15) is 0 Å². The van der Waals surface area contributed by atoms with Gasteiger partial charge in [-0.25, -0.2) is 0 Å². The summed E-state index contributed by atoms with van der Waals surface area (Å²) >= 11 is 6.00. The minimum atomic E-state index is 0.0782. The molecule has 2 rings (SSSR count). The summed E-state index contributed by atoms with van der Waals surface area (Å²) in [7, 11) is 0. The number of aliphatic hydroxyl groups excluding tert-OH is 1. The van der Waals surface area contributed by atoms with Gasteiger partial charge in [-0.1, -0.05) is 75.7 Å². The number of rotatable bonds is 6. The lowest BCUT2D eigenvalue weighted by atomic mass is 9.72. The molecule has 1 nitrogen and oxygen atoms in total. The van der Waals surface area contributed by atoms with Gasteiger partial charge < -0.3 is 5.11 Å². The van der Waals surface area contributed by atoms with E-state index in [1.807, 2.05) is 24.3 Å². The molecule has 1 N–H and O–H groups in total. The zero-order valence-corrected chi connectivity index (χ0v) is 15.3. The van der Waals surface area contributed by atoms with Crippen molar-refractivity contribution in [3.63, 3.8) is 0 Å². The fraction of sp³-hybridized carbons (Fsp3) is 0.429. The quantitative estimate of drug-likeness (QED) is 0.702. The van der Waals surface area contributed by atoms with E-state index in [0.29, 0.717) is 0 Å². The van der Waals surface area contributed by atoms with Crippen molar-refractivity contribution in [2.45, 2.75) is 58.0 Å². The third-order valence-electron chi connectivity index (χ3n) is 4.89. The van der Waals surface area contributed by atoms with Crippen LogP contribution in [-0.2, 0) is 17.4 Å². The molecule has 124 valence electrons. The first-order valence-electron chi connectivity index (χ1n) is 8.21. The predicted molar refractivity (Wildman–Crippen MR) is 99.1 cm³/mol. The molecule has 2 aromatic rings. The van der Waals surface area contributed by atoms with Gasteiger partial charge in [-0.05, 0) is 52.5 Å². The molecule has 2 aromatic carbocycles. The van der Waals surface area contributed by atoms with Crippen LogP contribution in [0.3, 0.4) is 0 Å². The van der Waals surface area contributed by atoms with Gasteiger partial charge in [-0.2, -0.15) is 0 Å². The zero-order chi connectivity index (χ0) is 17.1. The average Bonchev–Trinajstić information content (AvgIpc) is 2.54. The molecule has 0 spiro atoms. The summed E-state index contributed by atoms with van der Waals surface area (Å²) < 4.78 is 0. The van der Waals surface area contributed by atoms with E-state index < -0.39 is 0 Å². The van der Waals surface area contributed by atoms with Crippen LogP contribution >= 0.6 is 11.6 Å². The molecule has 0 saturated heterocycles. The summed E-state index contributed by atoms with van der Waals surface area (Å²) in [6.07, 6.45) is 2.17. The molecule has 0 unspecified atom stereocenters. The molecule has 0 saturated carbocycles. The summed E-state index contributed by atoms with van der Waals surface area (Å²) in [6.45, 7) is 9.23. The summed E-state index contributed by atoms with van der Waals surface area (Å²) in [4.78, 5) is 0. The largest absolute Gasteiger partial charge is 0.392 e. The maximum Gasteiger partial charge on any atom is 0.0681 e. The fourth-order valence-electron chi connectivity index (χ4n) is 2.91. The van der Waals surface area contributed by atoms with Crippen molar-refractivity contribution in [1.29, 1.82) is 0 Å². The first-order valence-corrected chi connectivity index (χ1v) is 8.59. The Hall–Kier alpha value is -1.31. The van der Waals surface area contributed by atoms with Crippen LogP contribution in [0.25, 0.3) is 0 Å². The molecule has 0 bridgehead atoms. The van der Waals surface area contributed by atoms with Crippen LogP contribution in [0.15, 0.2) is 48.5 Å². The second-order valence-electron chi connectivity index (χ2n) is 7.63. The standard InChI is InChI=1S/C21H27ClO/c1-20(2,17-8-10-19(22)11-9-17)12-13-21(3,4)18-7-5-6-16(14-18)15-23/h5-11,14,23H,12-13,15H2,1-4H3. The highest BCUT2D eigenvalue weighted by atomic mass is 35.5. The monoisotopic (exact) mass is 330 g/mol. The van der Waals surface area contributed by atoms with E-state index in [0.717, 1.165) is 23.4 Å². The van der Waals surface area contributed by atoms with Gasteiger partial charge >= 0.3 is 0 Å². The molecule has 0 atom stereocenters. The molecule has 2 heteroatoms.